The molecule has 0 aliphatic carbocycles. The van der Waals surface area contributed by atoms with Crippen LogP contribution in [-0.4, -0.2) is 41.5 Å². The number of amides is 1. The average Bonchev–Trinajstić information content (AvgIpc) is 2.97. The molecule has 1 aliphatic heterocycles. The van der Waals surface area contributed by atoms with Crippen LogP contribution in [0.5, 0.6) is 0 Å². The molecular formula is C22H22FNO4. The molecule has 2 aromatic rings. The van der Waals surface area contributed by atoms with Crippen LogP contribution in [0.1, 0.15) is 30.5 Å². The molecule has 0 unspecified atom stereocenters. The highest BCUT2D eigenvalue weighted by molar-refractivity contribution is 6.46. The normalized spacial score (nSPS) is 18.6. The van der Waals surface area contributed by atoms with Crippen LogP contribution in [0.4, 0.5) is 4.39 Å². The lowest BCUT2D eigenvalue weighted by Crippen LogP contribution is -2.31. The largest absolute Gasteiger partial charge is 0.507 e. The number of carbonyl (C=O) groups is 2. The number of hydrogen-bond donors (Lipinski definition) is 1. The van der Waals surface area contributed by atoms with Gasteiger partial charge in [-0.2, -0.15) is 0 Å². The van der Waals surface area contributed by atoms with E-state index in [4.69, 9.17) is 4.74 Å². The molecule has 0 radical (unpaired) electrons. The Morgan fingerprint density at radius 2 is 1.79 bits per heavy atom. The molecule has 3 rings (SSSR count). The second-order valence-corrected chi connectivity index (χ2v) is 6.46. The summed E-state index contributed by atoms with van der Waals surface area (Å²) < 4.78 is 18.6. The Balaban J connectivity index is 2.03. The summed E-state index contributed by atoms with van der Waals surface area (Å²) >= 11 is 0. The molecule has 28 heavy (non-hydrogen) atoms. The van der Waals surface area contributed by atoms with Crippen LogP contribution in [0.25, 0.3) is 5.76 Å². The minimum absolute atomic E-state index is 0.0132. The van der Waals surface area contributed by atoms with Gasteiger partial charge in [-0.25, -0.2) is 4.39 Å². The van der Waals surface area contributed by atoms with Gasteiger partial charge in [-0.3, -0.25) is 9.59 Å². The topological polar surface area (TPSA) is 66.8 Å². The highest BCUT2D eigenvalue weighted by Gasteiger charge is 2.45. The van der Waals surface area contributed by atoms with Crippen molar-refractivity contribution in [3.63, 3.8) is 0 Å². The van der Waals surface area contributed by atoms with Gasteiger partial charge in [0.25, 0.3) is 11.7 Å². The number of Topliss-reactive ketones (excluding diaryl/α,β-unsaturated/α-hetero) is 1. The number of aliphatic hydroxyl groups is 1. The molecule has 1 saturated heterocycles. The molecule has 1 amide bonds. The minimum Gasteiger partial charge on any atom is -0.507 e. The Kier molecular flexibility index (Phi) is 6.21. The maximum absolute atomic E-state index is 13.2. The number of carbonyl (C=O) groups excluding carboxylic acids is 2. The molecule has 0 aromatic heterocycles. The summed E-state index contributed by atoms with van der Waals surface area (Å²) in [6.45, 7) is 3.26. The smallest absolute Gasteiger partial charge is 0.295 e. The van der Waals surface area contributed by atoms with E-state index >= 15 is 0 Å². The summed E-state index contributed by atoms with van der Waals surface area (Å²) in [5, 5.41) is 10.8. The van der Waals surface area contributed by atoms with Crippen molar-refractivity contribution in [3.05, 3.63) is 77.1 Å². The second-order valence-electron chi connectivity index (χ2n) is 6.46. The average molecular weight is 383 g/mol. The van der Waals surface area contributed by atoms with Gasteiger partial charge in [-0.15, -0.1) is 0 Å². The predicted octanol–water partition coefficient (Wildman–Crippen LogP) is 3.67. The molecule has 1 N–H and O–H groups in total. The van der Waals surface area contributed by atoms with E-state index in [0.717, 1.165) is 5.56 Å². The van der Waals surface area contributed by atoms with Gasteiger partial charge >= 0.3 is 0 Å². The van der Waals surface area contributed by atoms with Crippen molar-refractivity contribution in [2.24, 2.45) is 0 Å². The van der Waals surface area contributed by atoms with E-state index in [-0.39, 0.29) is 16.9 Å². The maximum atomic E-state index is 13.2. The van der Waals surface area contributed by atoms with Crippen LogP contribution >= 0.6 is 0 Å². The zero-order valence-corrected chi connectivity index (χ0v) is 15.6. The van der Waals surface area contributed by atoms with E-state index in [1.807, 2.05) is 37.3 Å². The molecule has 5 nitrogen and oxygen atoms in total. The van der Waals surface area contributed by atoms with E-state index in [0.29, 0.717) is 26.2 Å². The standard InChI is InChI=1S/C22H22FNO4/c1-2-28-14-6-13-24-19(15-7-4-3-5-8-15)18(21(26)22(24)27)20(25)16-9-11-17(23)12-10-16/h3-5,7-12,19,25H,2,6,13-14H2,1H3/t19-/m1/s1. The van der Waals surface area contributed by atoms with Crippen molar-refractivity contribution in [2.75, 3.05) is 19.8 Å². The van der Waals surface area contributed by atoms with Crippen LogP contribution in [0.3, 0.4) is 0 Å². The zero-order chi connectivity index (χ0) is 20.1. The number of ketones is 1. The second kappa shape index (κ2) is 8.80. The van der Waals surface area contributed by atoms with Crippen molar-refractivity contribution in [2.45, 2.75) is 19.4 Å². The third-order valence-corrected chi connectivity index (χ3v) is 4.66. The van der Waals surface area contributed by atoms with E-state index < -0.39 is 23.5 Å². The van der Waals surface area contributed by atoms with E-state index in [9.17, 15) is 19.1 Å². The maximum Gasteiger partial charge on any atom is 0.295 e. The van der Waals surface area contributed by atoms with Gasteiger partial charge in [0, 0.05) is 25.3 Å². The minimum atomic E-state index is -0.743. The molecule has 1 heterocycles. The number of benzene rings is 2. The van der Waals surface area contributed by atoms with E-state index in [2.05, 4.69) is 0 Å². The van der Waals surface area contributed by atoms with Gasteiger partial charge in [-0.1, -0.05) is 30.3 Å². The quantitative estimate of drug-likeness (QED) is 0.343. The fraction of sp³-hybridized carbons (Fsp3) is 0.273. The molecule has 1 atom stereocenters. The Bertz CT molecular complexity index is 877. The molecule has 1 fully saturated rings. The summed E-state index contributed by atoms with van der Waals surface area (Å²) in [4.78, 5) is 26.9. The molecule has 6 heteroatoms. The first kappa shape index (κ1) is 19.8. The van der Waals surface area contributed by atoms with Crippen molar-refractivity contribution in [1.82, 2.24) is 4.90 Å². The van der Waals surface area contributed by atoms with Crippen molar-refractivity contribution in [3.8, 4) is 0 Å². The summed E-state index contributed by atoms with van der Waals surface area (Å²) in [6.07, 6.45) is 0.570. The lowest BCUT2D eigenvalue weighted by molar-refractivity contribution is -0.140. The third-order valence-electron chi connectivity index (χ3n) is 4.66. The number of ether oxygens (including phenoxy) is 1. The molecule has 2 aromatic carbocycles. The van der Waals surface area contributed by atoms with Gasteiger partial charge in [0.15, 0.2) is 0 Å². The van der Waals surface area contributed by atoms with Crippen LogP contribution < -0.4 is 0 Å². The lowest BCUT2D eigenvalue weighted by Gasteiger charge is -2.25. The Morgan fingerprint density at radius 3 is 2.43 bits per heavy atom. The van der Waals surface area contributed by atoms with Crippen LogP contribution in [-0.2, 0) is 14.3 Å². The molecule has 0 spiro atoms. The van der Waals surface area contributed by atoms with Crippen molar-refractivity contribution < 1.29 is 23.8 Å². The number of likely N-dealkylation sites (tertiary alicyclic amines) is 1. The first-order chi connectivity index (χ1) is 13.5. The highest BCUT2D eigenvalue weighted by atomic mass is 19.1. The summed E-state index contributed by atoms with van der Waals surface area (Å²) in [5.74, 6) is -2.16. The number of aliphatic hydroxyl groups excluding tert-OH is 1. The number of halogens is 1. The predicted molar refractivity (Wildman–Crippen MR) is 103 cm³/mol. The van der Waals surface area contributed by atoms with E-state index in [1.165, 1.54) is 29.2 Å². The molecule has 1 aliphatic rings. The van der Waals surface area contributed by atoms with Gasteiger partial charge in [0.05, 0.1) is 11.6 Å². The van der Waals surface area contributed by atoms with Gasteiger partial charge in [-0.05, 0) is 43.2 Å². The van der Waals surface area contributed by atoms with Crippen molar-refractivity contribution in [1.29, 1.82) is 0 Å². The Morgan fingerprint density at radius 1 is 1.11 bits per heavy atom. The van der Waals surface area contributed by atoms with Crippen LogP contribution in [0.15, 0.2) is 60.2 Å². The zero-order valence-electron chi connectivity index (χ0n) is 15.6. The number of hydrogen-bond acceptors (Lipinski definition) is 4. The lowest BCUT2D eigenvalue weighted by atomic mass is 9.95. The third kappa shape index (κ3) is 3.97. The number of rotatable bonds is 7. The van der Waals surface area contributed by atoms with Crippen LogP contribution in [0, 0.1) is 5.82 Å². The molecule has 0 bridgehead atoms. The highest BCUT2D eigenvalue weighted by Crippen LogP contribution is 2.39. The SMILES string of the molecule is CCOCCCN1C(=O)C(=O)C(=C(O)c2ccc(F)cc2)[C@H]1c1ccccc1. The number of nitrogens with zero attached hydrogens (tertiary/aromatic N) is 1. The van der Waals surface area contributed by atoms with E-state index in [1.54, 1.807) is 0 Å². The van der Waals surface area contributed by atoms with Gasteiger partial charge in [0.1, 0.15) is 11.6 Å². The fourth-order valence-electron chi connectivity index (χ4n) is 3.34. The van der Waals surface area contributed by atoms with Crippen molar-refractivity contribution >= 4 is 17.4 Å². The molecular weight excluding hydrogens is 361 g/mol. The molecule has 0 saturated carbocycles. The van der Waals surface area contributed by atoms with Gasteiger partial charge < -0.3 is 14.7 Å². The Labute approximate surface area is 163 Å². The molecule has 146 valence electrons. The monoisotopic (exact) mass is 383 g/mol. The fourth-order valence-corrected chi connectivity index (χ4v) is 3.34. The first-order valence-corrected chi connectivity index (χ1v) is 9.21. The Hall–Kier alpha value is -2.99. The first-order valence-electron chi connectivity index (χ1n) is 9.21. The van der Waals surface area contributed by atoms with Crippen LogP contribution in [0.2, 0.25) is 0 Å². The summed E-state index contributed by atoms with van der Waals surface area (Å²) in [6, 6.07) is 13.5. The van der Waals surface area contributed by atoms with Gasteiger partial charge in [0.2, 0.25) is 0 Å². The summed E-state index contributed by atoms with van der Waals surface area (Å²) in [5.41, 5.74) is 1.02. The summed E-state index contributed by atoms with van der Waals surface area (Å²) in [7, 11) is 0.